The van der Waals surface area contributed by atoms with E-state index < -0.39 is 25.5 Å². The van der Waals surface area contributed by atoms with Gasteiger partial charge in [0.15, 0.2) is 13.6 Å². The lowest BCUT2D eigenvalue weighted by Crippen LogP contribution is -2.13. The molecule has 0 fully saturated rings. The second kappa shape index (κ2) is 12.1. The van der Waals surface area contributed by atoms with Crippen molar-refractivity contribution < 1.29 is 44.5 Å². The first-order chi connectivity index (χ1) is 18.8. The SMILES string of the molecule is CNc1nc(-c2cccc(NC(=O)c3ccc(C(=O)O)c(C)c3)c2)c2cc(OOCO)c(OOCO)cc2n1. The van der Waals surface area contributed by atoms with Crippen molar-refractivity contribution in [2.75, 3.05) is 31.3 Å². The quantitative estimate of drug-likeness (QED) is 0.107. The smallest absolute Gasteiger partial charge is 0.335 e. The molecule has 0 saturated carbocycles. The number of benzene rings is 3. The second-order valence-electron chi connectivity index (χ2n) is 7.99. The van der Waals surface area contributed by atoms with Gasteiger partial charge >= 0.3 is 5.97 Å². The summed E-state index contributed by atoms with van der Waals surface area (Å²) in [6.45, 7) is 0.161. The number of rotatable bonds is 11. The number of aliphatic hydroxyl groups excluding tert-OH is 2. The van der Waals surface area contributed by atoms with Crippen molar-refractivity contribution >= 4 is 34.4 Å². The van der Waals surface area contributed by atoms with Gasteiger partial charge in [0.25, 0.3) is 5.91 Å². The molecule has 5 N–H and O–H groups in total. The monoisotopic (exact) mass is 536 g/mol. The molecule has 39 heavy (non-hydrogen) atoms. The van der Waals surface area contributed by atoms with Gasteiger partial charge in [-0.3, -0.25) is 4.79 Å². The molecular formula is C26H24N4O9. The molecule has 0 radical (unpaired) electrons. The zero-order valence-electron chi connectivity index (χ0n) is 20.8. The van der Waals surface area contributed by atoms with Gasteiger partial charge in [-0.2, -0.15) is 9.78 Å². The summed E-state index contributed by atoms with van der Waals surface area (Å²) in [5.74, 6) is -1.17. The number of carboxylic acid groups (broad SMARTS) is 1. The highest BCUT2D eigenvalue weighted by molar-refractivity contribution is 6.05. The third kappa shape index (κ3) is 6.19. The third-order valence-electron chi connectivity index (χ3n) is 5.50. The summed E-state index contributed by atoms with van der Waals surface area (Å²) in [6, 6.07) is 14.3. The molecule has 202 valence electrons. The fraction of sp³-hybridized carbons (Fsp3) is 0.154. The number of anilines is 2. The van der Waals surface area contributed by atoms with E-state index >= 15 is 0 Å². The maximum atomic E-state index is 12.9. The second-order valence-corrected chi connectivity index (χ2v) is 7.99. The first-order valence-electron chi connectivity index (χ1n) is 11.4. The molecule has 0 aliphatic carbocycles. The van der Waals surface area contributed by atoms with Gasteiger partial charge in [0, 0.05) is 35.3 Å². The Hall–Kier alpha value is -4.82. The van der Waals surface area contributed by atoms with Crippen molar-refractivity contribution in [2.45, 2.75) is 6.92 Å². The summed E-state index contributed by atoms with van der Waals surface area (Å²) in [5.41, 5.74) is 2.85. The number of aryl methyl sites for hydroxylation is 1. The van der Waals surface area contributed by atoms with Gasteiger partial charge in [-0.1, -0.05) is 12.1 Å². The van der Waals surface area contributed by atoms with Crippen molar-refractivity contribution in [1.29, 1.82) is 0 Å². The molecule has 1 heterocycles. The van der Waals surface area contributed by atoms with Gasteiger partial charge < -0.3 is 35.7 Å². The average Bonchev–Trinajstić information content (AvgIpc) is 2.93. The number of hydrogen-bond acceptors (Lipinski definition) is 11. The topological polar surface area (TPSA) is 182 Å². The maximum Gasteiger partial charge on any atom is 0.335 e. The maximum absolute atomic E-state index is 12.9. The molecule has 13 heteroatoms. The summed E-state index contributed by atoms with van der Waals surface area (Å²) in [7, 11) is 1.65. The Morgan fingerprint density at radius 3 is 2.28 bits per heavy atom. The minimum Gasteiger partial charge on any atom is -0.478 e. The summed E-state index contributed by atoms with van der Waals surface area (Å²) in [4.78, 5) is 52.6. The molecule has 3 aromatic carbocycles. The van der Waals surface area contributed by atoms with E-state index in [1.807, 2.05) is 0 Å². The van der Waals surface area contributed by atoms with Crippen LogP contribution in [-0.2, 0) is 9.78 Å². The van der Waals surface area contributed by atoms with Gasteiger partial charge in [0.05, 0.1) is 16.8 Å². The minimum absolute atomic E-state index is 0.0108. The molecule has 0 aliphatic heterocycles. The Balaban J connectivity index is 1.73. The number of fused-ring (bicyclic) bond motifs is 1. The molecule has 4 rings (SSSR count). The number of carbonyl (C=O) groups is 2. The van der Waals surface area contributed by atoms with E-state index in [9.17, 15) is 14.7 Å². The van der Waals surface area contributed by atoms with Crippen LogP contribution in [0.2, 0.25) is 0 Å². The van der Waals surface area contributed by atoms with E-state index in [-0.39, 0.29) is 23.0 Å². The summed E-state index contributed by atoms with van der Waals surface area (Å²) in [5, 5.41) is 33.4. The number of carbonyl (C=O) groups excluding carboxylic acids is 1. The Morgan fingerprint density at radius 2 is 1.64 bits per heavy atom. The van der Waals surface area contributed by atoms with Gasteiger partial charge in [0.2, 0.25) is 17.4 Å². The number of hydrogen-bond donors (Lipinski definition) is 5. The molecule has 13 nitrogen and oxygen atoms in total. The van der Waals surface area contributed by atoms with Crippen molar-refractivity contribution in [1.82, 2.24) is 9.97 Å². The van der Waals surface area contributed by atoms with Gasteiger partial charge in [-0.05, 0) is 48.9 Å². The fourth-order valence-electron chi connectivity index (χ4n) is 3.77. The Labute approximate surface area is 221 Å². The zero-order chi connectivity index (χ0) is 27.9. The average molecular weight is 536 g/mol. The van der Waals surface area contributed by atoms with Crippen molar-refractivity contribution in [3.8, 4) is 22.8 Å². The number of carboxylic acids is 1. The number of nitrogens with one attached hydrogen (secondary N) is 2. The number of aromatic carboxylic acids is 1. The lowest BCUT2D eigenvalue weighted by atomic mass is 10.0. The normalized spacial score (nSPS) is 10.8. The molecule has 0 bridgehead atoms. The largest absolute Gasteiger partial charge is 0.478 e. The molecule has 0 aliphatic rings. The van der Waals surface area contributed by atoms with Crippen LogP contribution in [0.3, 0.4) is 0 Å². The molecular weight excluding hydrogens is 512 g/mol. The van der Waals surface area contributed by atoms with E-state index in [1.54, 1.807) is 38.2 Å². The molecule has 0 spiro atoms. The van der Waals surface area contributed by atoms with Crippen LogP contribution in [0.1, 0.15) is 26.3 Å². The van der Waals surface area contributed by atoms with E-state index in [0.29, 0.717) is 39.0 Å². The van der Waals surface area contributed by atoms with Crippen molar-refractivity contribution in [3.05, 3.63) is 71.3 Å². The first kappa shape index (κ1) is 27.2. The number of nitrogens with zero attached hydrogens (tertiary/aromatic N) is 2. The van der Waals surface area contributed by atoms with Gasteiger partial charge in [-0.25, -0.2) is 14.8 Å². The van der Waals surface area contributed by atoms with Crippen molar-refractivity contribution in [2.24, 2.45) is 0 Å². The third-order valence-corrected chi connectivity index (χ3v) is 5.50. The number of aromatic nitrogens is 2. The predicted molar refractivity (Wildman–Crippen MR) is 138 cm³/mol. The summed E-state index contributed by atoms with van der Waals surface area (Å²) >= 11 is 0. The van der Waals surface area contributed by atoms with Gasteiger partial charge in [0.1, 0.15) is 0 Å². The Bertz CT molecular complexity index is 1530. The first-order valence-corrected chi connectivity index (χ1v) is 11.4. The van der Waals surface area contributed by atoms with Crippen LogP contribution in [0.4, 0.5) is 11.6 Å². The number of amides is 1. The molecule has 1 aromatic heterocycles. The molecule has 0 unspecified atom stereocenters. The minimum atomic E-state index is -1.07. The lowest BCUT2D eigenvalue weighted by Gasteiger charge is -2.14. The standard InChI is InChI=1S/C26H24N4O9/c1-14-8-16(6-7-18(14)25(34)35)24(33)28-17-5-3-4-15(9-17)23-19-10-21(38-36-12-31)22(39-37-13-32)11-20(19)29-26(27-2)30-23/h3-11,31-32H,12-13H2,1-2H3,(H,28,33)(H,34,35)(H,27,29,30). The van der Waals surface area contributed by atoms with E-state index in [1.165, 1.54) is 30.3 Å². The molecule has 4 aromatic rings. The van der Waals surface area contributed by atoms with Crippen LogP contribution < -0.4 is 20.4 Å². The predicted octanol–water partition coefficient (Wildman–Crippen LogP) is 3.12. The Morgan fingerprint density at radius 1 is 0.923 bits per heavy atom. The fourth-order valence-corrected chi connectivity index (χ4v) is 3.77. The highest BCUT2D eigenvalue weighted by Crippen LogP contribution is 2.37. The zero-order valence-corrected chi connectivity index (χ0v) is 20.8. The molecule has 0 saturated heterocycles. The van der Waals surface area contributed by atoms with Crippen LogP contribution >= 0.6 is 0 Å². The van der Waals surface area contributed by atoms with Gasteiger partial charge in [-0.15, -0.1) is 0 Å². The summed E-state index contributed by atoms with van der Waals surface area (Å²) < 4.78 is 0. The Kier molecular flexibility index (Phi) is 8.48. The van der Waals surface area contributed by atoms with Crippen molar-refractivity contribution in [3.63, 3.8) is 0 Å². The lowest BCUT2D eigenvalue weighted by molar-refractivity contribution is -0.271. The summed E-state index contributed by atoms with van der Waals surface area (Å²) in [6.07, 6.45) is 0. The van der Waals surface area contributed by atoms with Crippen LogP contribution in [0, 0.1) is 6.92 Å². The van der Waals surface area contributed by atoms with Crippen LogP contribution in [0.15, 0.2) is 54.6 Å². The number of aliphatic hydroxyl groups is 2. The van der Waals surface area contributed by atoms with Crippen LogP contribution in [0.5, 0.6) is 11.5 Å². The van der Waals surface area contributed by atoms with E-state index in [2.05, 4.69) is 30.4 Å². The highest BCUT2D eigenvalue weighted by atomic mass is 17.2. The highest BCUT2D eigenvalue weighted by Gasteiger charge is 2.18. The van der Waals surface area contributed by atoms with Crippen LogP contribution in [-0.4, -0.2) is 57.8 Å². The van der Waals surface area contributed by atoms with E-state index in [4.69, 9.17) is 20.0 Å². The van der Waals surface area contributed by atoms with E-state index in [0.717, 1.165) is 0 Å². The molecule has 0 atom stereocenters. The molecule has 1 amide bonds. The van der Waals surface area contributed by atoms with Crippen LogP contribution in [0.25, 0.3) is 22.2 Å².